The first-order chi connectivity index (χ1) is 16.0. The van der Waals surface area contributed by atoms with Gasteiger partial charge in [-0.15, -0.1) is 10.2 Å². The van der Waals surface area contributed by atoms with Gasteiger partial charge in [-0.05, 0) is 81.4 Å². The number of likely N-dealkylation sites (tertiary alicyclic amines) is 1. The standard InChI is InChI=1S/C23H30N8O2/c1-15-19(4-3-5-20(15)32)30-13-12-23(22(30)33)10-8-17(9-11-23)25-16(2)18-6-7-21(27-26-18)31-14-24-28-29-31/h6-7,14,16-17,25H,3-5,8-13H2,1-2H3/t16-,17-,23-/m1/s1. The van der Waals surface area contributed by atoms with Gasteiger partial charge in [-0.1, -0.05) is 0 Å². The summed E-state index contributed by atoms with van der Waals surface area (Å²) in [6.45, 7) is 4.72. The van der Waals surface area contributed by atoms with Crippen molar-refractivity contribution in [3.05, 3.63) is 35.4 Å². The number of tetrazole rings is 1. The van der Waals surface area contributed by atoms with Crippen molar-refractivity contribution >= 4 is 11.7 Å². The van der Waals surface area contributed by atoms with Crippen molar-refractivity contribution in [1.29, 1.82) is 0 Å². The summed E-state index contributed by atoms with van der Waals surface area (Å²) in [5.74, 6) is 1.01. The predicted octanol–water partition coefficient (Wildman–Crippen LogP) is 2.29. The average molecular weight is 451 g/mol. The zero-order chi connectivity index (χ0) is 23.0. The highest BCUT2D eigenvalue weighted by atomic mass is 16.2. The molecule has 3 heterocycles. The fourth-order valence-electron chi connectivity index (χ4n) is 5.56. The minimum Gasteiger partial charge on any atom is -0.315 e. The molecule has 1 amide bonds. The lowest BCUT2D eigenvalue weighted by atomic mass is 9.71. The van der Waals surface area contributed by atoms with Gasteiger partial charge < -0.3 is 10.2 Å². The molecule has 2 aromatic heterocycles. The van der Waals surface area contributed by atoms with Crippen molar-refractivity contribution in [2.24, 2.45) is 5.41 Å². The van der Waals surface area contributed by atoms with Crippen molar-refractivity contribution in [3.8, 4) is 5.82 Å². The van der Waals surface area contributed by atoms with Crippen LogP contribution in [0.4, 0.5) is 0 Å². The molecule has 1 atom stereocenters. The van der Waals surface area contributed by atoms with Crippen molar-refractivity contribution in [3.63, 3.8) is 0 Å². The number of aromatic nitrogens is 6. The lowest BCUT2D eigenvalue weighted by molar-refractivity contribution is -0.136. The second-order valence-electron chi connectivity index (χ2n) is 9.57. The normalized spacial score (nSPS) is 27.0. The van der Waals surface area contributed by atoms with E-state index in [9.17, 15) is 9.59 Å². The number of rotatable bonds is 5. The van der Waals surface area contributed by atoms with E-state index in [1.54, 1.807) is 0 Å². The Morgan fingerprint density at radius 2 is 1.94 bits per heavy atom. The third kappa shape index (κ3) is 4.07. The van der Waals surface area contributed by atoms with E-state index in [1.165, 1.54) is 11.0 Å². The molecule has 0 unspecified atom stereocenters. The molecular formula is C23H30N8O2. The molecule has 1 spiro atoms. The number of nitrogens with one attached hydrogen (secondary N) is 1. The molecule has 5 rings (SSSR count). The van der Waals surface area contributed by atoms with Gasteiger partial charge in [0.05, 0.1) is 11.1 Å². The van der Waals surface area contributed by atoms with Crippen molar-refractivity contribution in [2.75, 3.05) is 6.54 Å². The molecule has 0 bridgehead atoms. The molecule has 1 N–H and O–H groups in total. The van der Waals surface area contributed by atoms with Gasteiger partial charge in [0.25, 0.3) is 0 Å². The highest BCUT2D eigenvalue weighted by molar-refractivity contribution is 5.97. The summed E-state index contributed by atoms with van der Waals surface area (Å²) in [5, 5.41) is 23.3. The van der Waals surface area contributed by atoms with Crippen LogP contribution in [0.25, 0.3) is 5.82 Å². The second kappa shape index (κ2) is 8.74. The highest BCUT2D eigenvalue weighted by Crippen LogP contribution is 2.47. The quantitative estimate of drug-likeness (QED) is 0.737. The van der Waals surface area contributed by atoms with Crippen LogP contribution in [-0.2, 0) is 9.59 Å². The number of hydrogen-bond acceptors (Lipinski definition) is 8. The molecule has 3 aliphatic rings. The van der Waals surface area contributed by atoms with E-state index in [0.29, 0.717) is 18.3 Å². The Bertz CT molecular complexity index is 1050. The number of amides is 1. The van der Waals surface area contributed by atoms with Gasteiger partial charge in [-0.2, -0.15) is 9.78 Å². The van der Waals surface area contributed by atoms with Gasteiger partial charge in [-0.25, -0.2) is 0 Å². The lowest BCUT2D eigenvalue weighted by Gasteiger charge is -2.37. The number of nitrogens with zero attached hydrogens (tertiary/aromatic N) is 7. The van der Waals surface area contributed by atoms with E-state index in [1.807, 2.05) is 24.0 Å². The van der Waals surface area contributed by atoms with Crippen LogP contribution < -0.4 is 5.32 Å². The van der Waals surface area contributed by atoms with Gasteiger partial charge in [-0.3, -0.25) is 9.59 Å². The van der Waals surface area contributed by atoms with Crippen molar-refractivity contribution in [2.45, 2.75) is 77.3 Å². The molecule has 0 aromatic carbocycles. The summed E-state index contributed by atoms with van der Waals surface area (Å²) < 4.78 is 1.47. The Morgan fingerprint density at radius 1 is 1.12 bits per heavy atom. The number of ketones is 1. The Labute approximate surface area is 192 Å². The van der Waals surface area contributed by atoms with Crippen LogP contribution >= 0.6 is 0 Å². The maximum atomic E-state index is 13.4. The summed E-state index contributed by atoms with van der Waals surface area (Å²) in [5.41, 5.74) is 2.37. The molecule has 2 aliphatic carbocycles. The predicted molar refractivity (Wildman–Crippen MR) is 119 cm³/mol. The van der Waals surface area contributed by atoms with E-state index in [2.05, 4.69) is 38.0 Å². The van der Waals surface area contributed by atoms with Crippen LogP contribution in [0.2, 0.25) is 0 Å². The van der Waals surface area contributed by atoms with Crippen molar-refractivity contribution < 1.29 is 9.59 Å². The molecule has 10 nitrogen and oxygen atoms in total. The molecule has 2 fully saturated rings. The number of hydrogen-bond donors (Lipinski definition) is 1. The van der Waals surface area contributed by atoms with Crippen LogP contribution in [0.3, 0.4) is 0 Å². The van der Waals surface area contributed by atoms with Crippen LogP contribution in [0.5, 0.6) is 0 Å². The van der Waals surface area contributed by atoms with E-state index >= 15 is 0 Å². The van der Waals surface area contributed by atoms with Gasteiger partial charge in [0.2, 0.25) is 5.91 Å². The Balaban J connectivity index is 1.18. The van der Waals surface area contributed by atoms with Crippen LogP contribution in [0.15, 0.2) is 29.7 Å². The largest absolute Gasteiger partial charge is 0.315 e. The van der Waals surface area contributed by atoms with Crippen LogP contribution in [0, 0.1) is 5.41 Å². The van der Waals surface area contributed by atoms with E-state index in [0.717, 1.165) is 68.5 Å². The minimum atomic E-state index is -0.261. The Kier molecular flexibility index (Phi) is 5.77. The van der Waals surface area contributed by atoms with Gasteiger partial charge in [0.15, 0.2) is 11.6 Å². The fraction of sp³-hybridized carbons (Fsp3) is 0.609. The van der Waals surface area contributed by atoms with E-state index < -0.39 is 0 Å². The topological polar surface area (TPSA) is 119 Å². The molecule has 1 saturated carbocycles. The third-order valence-electron chi connectivity index (χ3n) is 7.63. The zero-order valence-electron chi connectivity index (χ0n) is 19.2. The first-order valence-corrected chi connectivity index (χ1v) is 11.8. The average Bonchev–Trinajstić information content (AvgIpc) is 3.47. The summed E-state index contributed by atoms with van der Waals surface area (Å²) in [6.07, 6.45) is 8.36. The Morgan fingerprint density at radius 3 is 2.64 bits per heavy atom. The summed E-state index contributed by atoms with van der Waals surface area (Å²) in [4.78, 5) is 27.5. The van der Waals surface area contributed by atoms with Gasteiger partial charge >= 0.3 is 0 Å². The summed E-state index contributed by atoms with van der Waals surface area (Å²) in [6, 6.07) is 4.18. The van der Waals surface area contributed by atoms with Gasteiger partial charge in [0, 0.05) is 36.3 Å². The van der Waals surface area contributed by atoms with E-state index in [4.69, 9.17) is 0 Å². The van der Waals surface area contributed by atoms with E-state index in [-0.39, 0.29) is 23.1 Å². The fourth-order valence-corrected chi connectivity index (χ4v) is 5.56. The number of allylic oxidation sites excluding steroid dienone is 2. The van der Waals surface area contributed by atoms with Crippen molar-refractivity contribution in [1.82, 2.24) is 40.6 Å². The Hall–Kier alpha value is -3.01. The molecule has 1 aliphatic heterocycles. The molecular weight excluding hydrogens is 420 g/mol. The minimum absolute atomic E-state index is 0.0521. The molecule has 0 radical (unpaired) electrons. The molecule has 174 valence electrons. The molecule has 2 aromatic rings. The summed E-state index contributed by atoms with van der Waals surface area (Å²) in [7, 11) is 0. The maximum Gasteiger partial charge on any atom is 0.233 e. The second-order valence-corrected chi connectivity index (χ2v) is 9.57. The number of carbonyl (C=O) groups excluding carboxylic acids is 2. The zero-order valence-corrected chi connectivity index (χ0v) is 19.2. The number of Topliss-reactive ketones (excluding diaryl/α,β-unsaturated/α-hetero) is 1. The van der Waals surface area contributed by atoms with Crippen LogP contribution in [-0.4, -0.2) is 59.6 Å². The highest BCUT2D eigenvalue weighted by Gasteiger charge is 2.49. The monoisotopic (exact) mass is 450 g/mol. The third-order valence-corrected chi connectivity index (χ3v) is 7.63. The molecule has 1 saturated heterocycles. The maximum absolute atomic E-state index is 13.4. The first-order valence-electron chi connectivity index (χ1n) is 11.8. The van der Waals surface area contributed by atoms with Crippen LogP contribution in [0.1, 0.15) is 76.9 Å². The smallest absolute Gasteiger partial charge is 0.233 e. The number of carbonyl (C=O) groups is 2. The first kappa shape index (κ1) is 21.8. The SMILES string of the molecule is CC1=C(N2CC[C@]3(CC[C@@H](N[C@H](C)c4ccc(-n5cnnn5)nn4)CC3)C2=O)CCCC1=O. The lowest BCUT2D eigenvalue weighted by Crippen LogP contribution is -2.43. The molecule has 33 heavy (non-hydrogen) atoms. The molecule has 10 heteroatoms. The summed E-state index contributed by atoms with van der Waals surface area (Å²) >= 11 is 0. The van der Waals surface area contributed by atoms with Gasteiger partial charge in [0.1, 0.15) is 6.33 Å².